The summed E-state index contributed by atoms with van der Waals surface area (Å²) in [6.45, 7) is 1.87. The van der Waals surface area contributed by atoms with Gasteiger partial charge in [-0.15, -0.1) is 0 Å². The van der Waals surface area contributed by atoms with Crippen molar-refractivity contribution in [2.24, 2.45) is 0 Å². The van der Waals surface area contributed by atoms with E-state index in [0.717, 1.165) is 12.1 Å². The minimum absolute atomic E-state index is 0.0479. The van der Waals surface area contributed by atoms with Crippen molar-refractivity contribution < 1.29 is 9.66 Å². The van der Waals surface area contributed by atoms with E-state index < -0.39 is 4.92 Å². The van der Waals surface area contributed by atoms with Gasteiger partial charge < -0.3 is 10.1 Å². The molecular weight excluding hydrogens is 232 g/mol. The Labute approximate surface area is 97.5 Å². The van der Waals surface area contributed by atoms with Gasteiger partial charge in [-0.25, -0.2) is 0 Å². The predicted molar refractivity (Wildman–Crippen MR) is 59.7 cm³/mol. The molecule has 1 fully saturated rings. The van der Waals surface area contributed by atoms with E-state index in [2.05, 4.69) is 5.32 Å². The molecule has 0 radical (unpaired) electrons. The fourth-order valence-corrected chi connectivity index (χ4v) is 1.93. The number of nitrogens with zero attached hydrogens (tertiary/aromatic N) is 1. The molecule has 1 aromatic carbocycles. The number of hydrogen-bond acceptors (Lipinski definition) is 4. The van der Waals surface area contributed by atoms with Gasteiger partial charge in [0.15, 0.2) is 0 Å². The first-order chi connectivity index (χ1) is 7.68. The maximum absolute atomic E-state index is 10.7. The van der Waals surface area contributed by atoms with E-state index in [0.29, 0.717) is 18.2 Å². The molecule has 5 nitrogen and oxygen atoms in total. The molecule has 6 heteroatoms. The minimum Gasteiger partial charge on any atom is -0.378 e. The molecule has 1 aliphatic heterocycles. The van der Waals surface area contributed by atoms with Crippen LogP contribution in [0.25, 0.3) is 0 Å². The summed E-state index contributed by atoms with van der Waals surface area (Å²) >= 11 is 6.02. The van der Waals surface area contributed by atoms with E-state index in [-0.39, 0.29) is 11.7 Å². The lowest BCUT2D eigenvalue weighted by Crippen LogP contribution is -2.34. The van der Waals surface area contributed by atoms with E-state index in [4.69, 9.17) is 16.3 Å². The van der Waals surface area contributed by atoms with Crippen molar-refractivity contribution >= 4 is 17.3 Å². The summed E-state index contributed by atoms with van der Waals surface area (Å²) in [6, 6.07) is 4.37. The number of non-ortho nitro benzene ring substituents is 1. The molecule has 0 saturated carbocycles. The molecule has 86 valence electrons. The summed E-state index contributed by atoms with van der Waals surface area (Å²) in [7, 11) is 0. The van der Waals surface area contributed by atoms with Crippen molar-refractivity contribution in [1.82, 2.24) is 5.32 Å². The van der Waals surface area contributed by atoms with Crippen LogP contribution in [0.1, 0.15) is 11.6 Å². The number of benzene rings is 1. The molecule has 16 heavy (non-hydrogen) atoms. The number of halogens is 1. The van der Waals surface area contributed by atoms with Crippen LogP contribution < -0.4 is 5.32 Å². The zero-order valence-corrected chi connectivity index (χ0v) is 9.24. The summed E-state index contributed by atoms with van der Waals surface area (Å²) in [5.41, 5.74) is 0.766. The maximum Gasteiger partial charge on any atom is 0.269 e. The molecule has 0 amide bonds. The van der Waals surface area contributed by atoms with Gasteiger partial charge in [0.1, 0.15) is 0 Å². The van der Waals surface area contributed by atoms with E-state index in [1.165, 1.54) is 12.1 Å². The van der Waals surface area contributed by atoms with Gasteiger partial charge in [-0.05, 0) is 11.6 Å². The Balaban J connectivity index is 2.30. The lowest BCUT2D eigenvalue weighted by molar-refractivity contribution is -0.384. The SMILES string of the molecule is O=[N+]([O-])c1ccc(Cl)c([C@H]2COCCN2)c1. The Kier molecular flexibility index (Phi) is 3.38. The molecule has 1 saturated heterocycles. The first-order valence-electron chi connectivity index (χ1n) is 4.93. The highest BCUT2D eigenvalue weighted by Gasteiger charge is 2.20. The Hall–Kier alpha value is -1.17. The van der Waals surface area contributed by atoms with Crippen LogP contribution >= 0.6 is 11.6 Å². The number of nitro benzene ring substituents is 1. The normalized spacial score (nSPS) is 20.7. The molecule has 0 aromatic heterocycles. The summed E-state index contributed by atoms with van der Waals surface area (Å²) in [6.07, 6.45) is 0. The first-order valence-corrected chi connectivity index (χ1v) is 5.31. The van der Waals surface area contributed by atoms with Gasteiger partial charge in [0.25, 0.3) is 5.69 Å². The third-order valence-corrected chi connectivity index (χ3v) is 2.83. The zero-order chi connectivity index (χ0) is 11.5. The third-order valence-electron chi connectivity index (χ3n) is 2.49. The van der Waals surface area contributed by atoms with E-state index >= 15 is 0 Å². The summed E-state index contributed by atoms with van der Waals surface area (Å²) in [4.78, 5) is 10.2. The largest absolute Gasteiger partial charge is 0.378 e. The van der Waals surface area contributed by atoms with Gasteiger partial charge >= 0.3 is 0 Å². The molecule has 0 spiro atoms. The van der Waals surface area contributed by atoms with Gasteiger partial charge in [0, 0.05) is 23.7 Å². The van der Waals surface area contributed by atoms with Crippen LogP contribution in [0.2, 0.25) is 5.02 Å². The average Bonchev–Trinajstić information content (AvgIpc) is 2.30. The number of rotatable bonds is 2. The molecule has 2 rings (SSSR count). The smallest absolute Gasteiger partial charge is 0.269 e. The van der Waals surface area contributed by atoms with Crippen LogP contribution in [0.3, 0.4) is 0 Å². The fourth-order valence-electron chi connectivity index (χ4n) is 1.68. The summed E-state index contributed by atoms with van der Waals surface area (Å²) in [5, 5.41) is 14.4. The number of hydrogen-bond donors (Lipinski definition) is 1. The van der Waals surface area contributed by atoms with Crippen molar-refractivity contribution in [2.75, 3.05) is 19.8 Å². The van der Waals surface area contributed by atoms with E-state index in [9.17, 15) is 10.1 Å². The third kappa shape index (κ3) is 2.32. The monoisotopic (exact) mass is 242 g/mol. The molecule has 1 heterocycles. The van der Waals surface area contributed by atoms with Crippen LogP contribution in [0.15, 0.2) is 18.2 Å². The van der Waals surface area contributed by atoms with Crippen LogP contribution in [-0.2, 0) is 4.74 Å². The average molecular weight is 243 g/mol. The molecule has 1 aromatic rings. The van der Waals surface area contributed by atoms with Crippen LogP contribution in [-0.4, -0.2) is 24.7 Å². The Morgan fingerprint density at radius 3 is 3.00 bits per heavy atom. The van der Waals surface area contributed by atoms with Gasteiger partial charge in [-0.2, -0.15) is 0 Å². The second-order valence-electron chi connectivity index (χ2n) is 3.54. The highest BCUT2D eigenvalue weighted by Crippen LogP contribution is 2.28. The minimum atomic E-state index is -0.427. The van der Waals surface area contributed by atoms with Crippen LogP contribution in [0.4, 0.5) is 5.69 Å². The number of nitro groups is 1. The molecule has 1 N–H and O–H groups in total. The lowest BCUT2D eigenvalue weighted by atomic mass is 10.1. The van der Waals surface area contributed by atoms with Gasteiger partial charge in [-0.3, -0.25) is 10.1 Å². The second kappa shape index (κ2) is 4.78. The second-order valence-corrected chi connectivity index (χ2v) is 3.95. The molecular formula is C10H11ClN2O3. The lowest BCUT2D eigenvalue weighted by Gasteiger charge is -2.24. The van der Waals surface area contributed by atoms with Crippen molar-refractivity contribution in [3.8, 4) is 0 Å². The zero-order valence-electron chi connectivity index (χ0n) is 8.48. The molecule has 1 atom stereocenters. The van der Waals surface area contributed by atoms with Gasteiger partial charge in [-0.1, -0.05) is 11.6 Å². The first kappa shape index (κ1) is 11.3. The molecule has 0 bridgehead atoms. The van der Waals surface area contributed by atoms with Crippen molar-refractivity contribution in [2.45, 2.75) is 6.04 Å². The molecule has 0 unspecified atom stereocenters. The molecule has 0 aliphatic carbocycles. The topological polar surface area (TPSA) is 64.4 Å². The van der Waals surface area contributed by atoms with Gasteiger partial charge in [0.05, 0.1) is 24.2 Å². The van der Waals surface area contributed by atoms with Gasteiger partial charge in [0.2, 0.25) is 0 Å². The van der Waals surface area contributed by atoms with E-state index in [1.54, 1.807) is 6.07 Å². The quantitative estimate of drug-likeness (QED) is 0.636. The van der Waals surface area contributed by atoms with Crippen molar-refractivity contribution in [1.29, 1.82) is 0 Å². The molecule has 1 aliphatic rings. The Bertz CT molecular complexity index is 405. The Morgan fingerprint density at radius 2 is 2.38 bits per heavy atom. The maximum atomic E-state index is 10.7. The highest BCUT2D eigenvalue weighted by atomic mass is 35.5. The predicted octanol–water partition coefficient (Wildman–Crippen LogP) is 1.91. The summed E-state index contributed by atoms with van der Waals surface area (Å²) < 4.78 is 5.30. The highest BCUT2D eigenvalue weighted by molar-refractivity contribution is 6.31. The van der Waals surface area contributed by atoms with Crippen molar-refractivity contribution in [3.63, 3.8) is 0 Å². The summed E-state index contributed by atoms with van der Waals surface area (Å²) in [5.74, 6) is 0. The number of nitrogens with one attached hydrogen (secondary N) is 1. The van der Waals surface area contributed by atoms with Crippen LogP contribution in [0.5, 0.6) is 0 Å². The van der Waals surface area contributed by atoms with E-state index in [1.807, 2.05) is 0 Å². The standard InChI is InChI=1S/C10H11ClN2O3/c11-9-2-1-7(13(14)15)5-8(9)10-6-16-4-3-12-10/h1-2,5,10,12H,3-4,6H2/t10-/m1/s1. The van der Waals surface area contributed by atoms with Crippen LogP contribution in [0, 0.1) is 10.1 Å². The fraction of sp³-hybridized carbons (Fsp3) is 0.400. The Morgan fingerprint density at radius 1 is 1.56 bits per heavy atom. The van der Waals surface area contributed by atoms with Crippen molar-refractivity contribution in [3.05, 3.63) is 38.9 Å². The number of morpholine rings is 1. The number of ether oxygens (including phenoxy) is 1.